The zero-order valence-corrected chi connectivity index (χ0v) is 14.8. The summed E-state index contributed by atoms with van der Waals surface area (Å²) >= 11 is 0. The lowest BCUT2D eigenvalue weighted by Gasteiger charge is -2.29. The zero-order valence-electron chi connectivity index (χ0n) is 14.8. The van der Waals surface area contributed by atoms with E-state index in [1.165, 1.54) is 4.90 Å². The largest absolute Gasteiger partial charge is 0.324 e. The van der Waals surface area contributed by atoms with E-state index in [0.29, 0.717) is 5.69 Å². The molecule has 6 nitrogen and oxygen atoms in total. The highest BCUT2D eigenvalue weighted by Gasteiger charge is 2.69. The minimum Gasteiger partial charge on any atom is -0.324 e. The van der Waals surface area contributed by atoms with Crippen LogP contribution < -0.4 is 10.6 Å². The number of carbonyl (C=O) groups excluding carboxylic acids is 3. The number of fused-ring (bicyclic) bond motifs is 4. The van der Waals surface area contributed by atoms with E-state index in [1.54, 1.807) is 0 Å². The number of imide groups is 1. The van der Waals surface area contributed by atoms with Gasteiger partial charge in [-0.3, -0.25) is 24.6 Å². The van der Waals surface area contributed by atoms with E-state index in [9.17, 15) is 14.4 Å². The smallest absolute Gasteiger partial charge is 0.250 e. The molecule has 2 saturated heterocycles. The van der Waals surface area contributed by atoms with Gasteiger partial charge in [0.1, 0.15) is 5.54 Å². The fourth-order valence-electron chi connectivity index (χ4n) is 4.90. The Kier molecular flexibility index (Phi) is 3.30. The Labute approximate surface area is 156 Å². The molecule has 3 aliphatic heterocycles. The van der Waals surface area contributed by atoms with Gasteiger partial charge in [0.25, 0.3) is 0 Å². The number of likely N-dealkylation sites (tertiary alicyclic amines) is 1. The van der Waals surface area contributed by atoms with Crippen LogP contribution in [0.1, 0.15) is 18.1 Å². The van der Waals surface area contributed by atoms with Crippen LogP contribution in [0.25, 0.3) is 0 Å². The number of hydrogen-bond donors (Lipinski definition) is 2. The molecule has 3 heterocycles. The maximum atomic E-state index is 13.3. The van der Waals surface area contributed by atoms with Gasteiger partial charge in [0, 0.05) is 17.3 Å². The Bertz CT molecular complexity index is 974. The molecule has 0 saturated carbocycles. The van der Waals surface area contributed by atoms with Crippen molar-refractivity contribution < 1.29 is 14.4 Å². The summed E-state index contributed by atoms with van der Waals surface area (Å²) in [6.45, 7) is 2.11. The van der Waals surface area contributed by atoms with Gasteiger partial charge in [0.05, 0.1) is 18.4 Å². The quantitative estimate of drug-likeness (QED) is 0.797. The zero-order chi connectivity index (χ0) is 18.8. The number of nitrogens with one attached hydrogen (secondary N) is 2. The van der Waals surface area contributed by atoms with Crippen LogP contribution in [0.15, 0.2) is 54.6 Å². The average Bonchev–Trinajstić information content (AvgIpc) is 3.23. The van der Waals surface area contributed by atoms with E-state index in [4.69, 9.17) is 0 Å². The minimum absolute atomic E-state index is 0.206. The number of amides is 3. The molecule has 6 heteroatoms. The number of nitrogens with zero attached hydrogens (tertiary/aromatic N) is 1. The maximum absolute atomic E-state index is 13.3. The Balaban J connectivity index is 1.59. The molecule has 4 atom stereocenters. The predicted molar refractivity (Wildman–Crippen MR) is 98.3 cm³/mol. The molecule has 4 unspecified atom stereocenters. The second-order valence-corrected chi connectivity index (χ2v) is 7.49. The van der Waals surface area contributed by atoms with Gasteiger partial charge in [0.15, 0.2) is 0 Å². The third-order valence-electron chi connectivity index (χ3n) is 6.04. The molecule has 136 valence electrons. The molecular weight excluding hydrogens is 342 g/mol. The van der Waals surface area contributed by atoms with Crippen molar-refractivity contribution in [3.05, 3.63) is 65.7 Å². The van der Waals surface area contributed by atoms with Gasteiger partial charge in [-0.05, 0) is 18.6 Å². The van der Waals surface area contributed by atoms with Gasteiger partial charge in [-0.2, -0.15) is 0 Å². The molecule has 0 radical (unpaired) electrons. The Hall–Kier alpha value is -2.99. The van der Waals surface area contributed by atoms with E-state index in [1.807, 2.05) is 61.5 Å². The number of carbonyl (C=O) groups is 3. The molecule has 2 aromatic rings. The summed E-state index contributed by atoms with van der Waals surface area (Å²) in [6, 6.07) is 16.5. The van der Waals surface area contributed by atoms with Crippen LogP contribution in [0.4, 0.5) is 5.69 Å². The van der Waals surface area contributed by atoms with Crippen molar-refractivity contribution >= 4 is 23.4 Å². The number of benzene rings is 2. The Morgan fingerprint density at radius 3 is 2.44 bits per heavy atom. The van der Waals surface area contributed by atoms with Crippen LogP contribution in [0.3, 0.4) is 0 Å². The lowest BCUT2D eigenvalue weighted by molar-refractivity contribution is -0.143. The van der Waals surface area contributed by atoms with Gasteiger partial charge >= 0.3 is 0 Å². The van der Waals surface area contributed by atoms with Crippen molar-refractivity contribution in [2.45, 2.75) is 25.0 Å². The SMILES string of the molecule is CC1NC2(C(=O)Nc3ccccc32)C2C(=O)N(Cc3ccccc3)C(=O)C12. The fourth-order valence-corrected chi connectivity index (χ4v) is 4.90. The summed E-state index contributed by atoms with van der Waals surface area (Å²) in [4.78, 5) is 40.8. The van der Waals surface area contributed by atoms with E-state index in [-0.39, 0.29) is 30.3 Å². The average molecular weight is 361 g/mol. The first kappa shape index (κ1) is 16.2. The first-order chi connectivity index (χ1) is 13.0. The summed E-state index contributed by atoms with van der Waals surface area (Å²) in [6.07, 6.45) is 0. The standard InChI is InChI=1S/C21H19N3O3/c1-12-16-17(19(26)24(18(16)25)11-13-7-3-2-4-8-13)21(23-12)14-9-5-6-10-15(14)22-20(21)27/h2-10,12,16-17,23H,11H2,1H3,(H,22,27). The molecule has 0 aliphatic carbocycles. The number of para-hydroxylation sites is 1. The number of hydrogen-bond acceptors (Lipinski definition) is 4. The Morgan fingerprint density at radius 2 is 1.67 bits per heavy atom. The molecular formula is C21H19N3O3. The van der Waals surface area contributed by atoms with Crippen LogP contribution in [0, 0.1) is 11.8 Å². The molecule has 5 rings (SSSR count). The van der Waals surface area contributed by atoms with Crippen LogP contribution in [-0.2, 0) is 26.5 Å². The third kappa shape index (κ3) is 2.01. The van der Waals surface area contributed by atoms with Gasteiger partial charge in [0.2, 0.25) is 17.7 Å². The monoisotopic (exact) mass is 361 g/mol. The van der Waals surface area contributed by atoms with Gasteiger partial charge in [-0.15, -0.1) is 0 Å². The molecule has 27 heavy (non-hydrogen) atoms. The molecule has 2 aromatic carbocycles. The predicted octanol–water partition coefficient (Wildman–Crippen LogP) is 1.63. The van der Waals surface area contributed by atoms with Crippen molar-refractivity contribution in [2.24, 2.45) is 11.8 Å². The second-order valence-electron chi connectivity index (χ2n) is 7.49. The van der Waals surface area contributed by atoms with Gasteiger partial charge in [-0.25, -0.2) is 0 Å². The van der Waals surface area contributed by atoms with Crippen molar-refractivity contribution in [2.75, 3.05) is 5.32 Å². The normalized spacial score (nSPS) is 31.4. The number of anilines is 1. The van der Waals surface area contributed by atoms with Crippen LogP contribution in [-0.4, -0.2) is 28.7 Å². The van der Waals surface area contributed by atoms with E-state index in [0.717, 1.165) is 11.1 Å². The third-order valence-corrected chi connectivity index (χ3v) is 6.04. The van der Waals surface area contributed by atoms with Crippen molar-refractivity contribution in [1.29, 1.82) is 0 Å². The lowest BCUT2D eigenvalue weighted by atomic mass is 9.76. The van der Waals surface area contributed by atoms with Gasteiger partial charge in [-0.1, -0.05) is 48.5 Å². The van der Waals surface area contributed by atoms with Crippen molar-refractivity contribution in [1.82, 2.24) is 10.2 Å². The highest BCUT2D eigenvalue weighted by molar-refractivity contribution is 6.15. The van der Waals surface area contributed by atoms with Gasteiger partial charge < -0.3 is 5.32 Å². The highest BCUT2D eigenvalue weighted by Crippen LogP contribution is 2.52. The van der Waals surface area contributed by atoms with Crippen molar-refractivity contribution in [3.8, 4) is 0 Å². The first-order valence-electron chi connectivity index (χ1n) is 9.12. The second kappa shape index (κ2) is 5.50. The molecule has 3 aliphatic rings. The molecule has 3 amide bonds. The van der Waals surface area contributed by atoms with Crippen LogP contribution in [0.5, 0.6) is 0 Å². The summed E-state index contributed by atoms with van der Waals surface area (Å²) < 4.78 is 0. The fraction of sp³-hybridized carbons (Fsp3) is 0.286. The van der Waals surface area contributed by atoms with E-state index < -0.39 is 17.4 Å². The first-order valence-corrected chi connectivity index (χ1v) is 9.12. The Morgan fingerprint density at radius 1 is 0.963 bits per heavy atom. The molecule has 2 N–H and O–H groups in total. The van der Waals surface area contributed by atoms with E-state index >= 15 is 0 Å². The molecule has 0 aromatic heterocycles. The lowest BCUT2D eigenvalue weighted by Crippen LogP contribution is -2.52. The minimum atomic E-state index is -1.18. The van der Waals surface area contributed by atoms with Crippen LogP contribution in [0.2, 0.25) is 0 Å². The maximum Gasteiger partial charge on any atom is 0.250 e. The number of rotatable bonds is 2. The molecule has 2 fully saturated rings. The van der Waals surface area contributed by atoms with E-state index in [2.05, 4.69) is 10.6 Å². The molecule has 0 bridgehead atoms. The summed E-state index contributed by atoms with van der Waals surface area (Å²) in [5.41, 5.74) is 1.16. The summed E-state index contributed by atoms with van der Waals surface area (Å²) in [5, 5.41) is 6.18. The summed E-state index contributed by atoms with van der Waals surface area (Å²) in [5.74, 6) is -2.02. The summed E-state index contributed by atoms with van der Waals surface area (Å²) in [7, 11) is 0. The van der Waals surface area contributed by atoms with Crippen LogP contribution >= 0.6 is 0 Å². The van der Waals surface area contributed by atoms with Crippen molar-refractivity contribution in [3.63, 3.8) is 0 Å². The topological polar surface area (TPSA) is 78.5 Å². The molecule has 1 spiro atoms. The highest BCUT2D eigenvalue weighted by atomic mass is 16.2.